The van der Waals surface area contributed by atoms with Gasteiger partial charge < -0.3 is 20.8 Å². The van der Waals surface area contributed by atoms with Crippen LogP contribution in [0, 0.1) is 46.3 Å². The fraction of sp³-hybridized carbons (Fsp3) is 0.703. The number of ether oxygens (including phenoxy) is 1. The van der Waals surface area contributed by atoms with Crippen LogP contribution in [-0.4, -0.2) is 40.8 Å². The van der Waals surface area contributed by atoms with E-state index < -0.39 is 12.1 Å². The lowest BCUT2D eigenvalue weighted by Gasteiger charge is -2.61. The third-order valence-corrected chi connectivity index (χ3v) is 13.1. The van der Waals surface area contributed by atoms with Crippen LogP contribution < -0.4 is 11.1 Å². The summed E-state index contributed by atoms with van der Waals surface area (Å²) in [6.07, 6.45) is 12.0. The first-order valence-electron chi connectivity index (χ1n) is 17.2. The first-order valence-corrected chi connectivity index (χ1v) is 17.2. The molecule has 240 valence electrons. The minimum atomic E-state index is -0.803. The van der Waals surface area contributed by atoms with E-state index in [4.69, 9.17) is 10.5 Å². The van der Waals surface area contributed by atoms with Gasteiger partial charge in [-0.2, -0.15) is 0 Å². The first-order chi connectivity index (χ1) is 20.9. The van der Waals surface area contributed by atoms with Gasteiger partial charge in [-0.05, 0) is 117 Å². The number of para-hydroxylation sites is 1. The van der Waals surface area contributed by atoms with Crippen LogP contribution in [0.5, 0.6) is 0 Å². The number of aromatic amines is 1. The monoisotopic (exact) mass is 603 g/mol. The van der Waals surface area contributed by atoms with Crippen LogP contribution >= 0.6 is 0 Å². The third-order valence-electron chi connectivity index (χ3n) is 13.1. The predicted molar refractivity (Wildman–Crippen MR) is 173 cm³/mol. The third kappa shape index (κ3) is 5.41. The molecule has 44 heavy (non-hydrogen) atoms. The average Bonchev–Trinajstić information content (AvgIpc) is 3.57. The zero-order chi connectivity index (χ0) is 31.4. The molecule has 0 spiro atoms. The van der Waals surface area contributed by atoms with Gasteiger partial charge in [0.2, 0.25) is 5.91 Å². The zero-order valence-electron chi connectivity index (χ0n) is 27.4. The van der Waals surface area contributed by atoms with E-state index in [1.807, 2.05) is 44.3 Å². The zero-order valence-corrected chi connectivity index (χ0v) is 27.4. The molecule has 1 heterocycles. The molecule has 1 aromatic heterocycles. The summed E-state index contributed by atoms with van der Waals surface area (Å²) in [6.45, 7) is 10.6. The Balaban J connectivity index is 1.14. The molecule has 0 unspecified atom stereocenters. The van der Waals surface area contributed by atoms with E-state index in [1.54, 1.807) is 6.92 Å². The number of aromatic nitrogens is 1. The molecule has 4 fully saturated rings. The molecular formula is C37H53N3O4. The van der Waals surface area contributed by atoms with Crippen LogP contribution in [0.3, 0.4) is 0 Å². The van der Waals surface area contributed by atoms with Crippen LogP contribution in [0.2, 0.25) is 0 Å². The summed E-state index contributed by atoms with van der Waals surface area (Å²) in [4.78, 5) is 42.6. The summed E-state index contributed by atoms with van der Waals surface area (Å²) in [5.41, 5.74) is 8.57. The summed E-state index contributed by atoms with van der Waals surface area (Å²) in [5, 5.41) is 3.99. The van der Waals surface area contributed by atoms with Crippen LogP contribution in [0.25, 0.3) is 10.9 Å². The number of rotatable bonds is 8. The van der Waals surface area contributed by atoms with Gasteiger partial charge in [0.05, 0.1) is 6.04 Å². The lowest BCUT2D eigenvalue weighted by molar-refractivity contribution is -0.165. The van der Waals surface area contributed by atoms with E-state index in [2.05, 4.69) is 24.1 Å². The number of esters is 1. The minimum Gasteiger partial charge on any atom is -0.461 e. The SMILES string of the molecule is CC(=O)[C@H]1CC[C@H]2[C@@H]3CC[C@H]4C[C@H](OC(=O)[C@H](Cc5c[nH]c6ccccc56)NC(=O)[C@@H](N)C(C)C)CC[C@]4(C)[C@H]3CC[C@]12C. The molecule has 0 aliphatic heterocycles. The summed E-state index contributed by atoms with van der Waals surface area (Å²) < 4.78 is 6.27. The fourth-order valence-corrected chi connectivity index (χ4v) is 10.5. The van der Waals surface area contributed by atoms with Crippen molar-refractivity contribution in [3.8, 4) is 0 Å². The van der Waals surface area contributed by atoms with Gasteiger partial charge in [0.25, 0.3) is 0 Å². The maximum Gasteiger partial charge on any atom is 0.329 e. The molecule has 4 saturated carbocycles. The van der Waals surface area contributed by atoms with E-state index in [1.165, 1.54) is 25.7 Å². The number of carbonyl (C=O) groups excluding carboxylic acids is 3. The molecule has 4 aliphatic carbocycles. The summed E-state index contributed by atoms with van der Waals surface area (Å²) in [6, 6.07) is 6.50. The van der Waals surface area contributed by atoms with E-state index in [9.17, 15) is 14.4 Å². The number of carbonyl (C=O) groups is 3. The normalized spacial score (nSPS) is 36.2. The van der Waals surface area contributed by atoms with E-state index in [0.29, 0.717) is 35.9 Å². The van der Waals surface area contributed by atoms with Crippen molar-refractivity contribution in [2.24, 2.45) is 52.1 Å². The lowest BCUT2D eigenvalue weighted by Crippen LogP contribution is -2.55. The molecule has 0 bridgehead atoms. The lowest BCUT2D eigenvalue weighted by atomic mass is 9.44. The Morgan fingerprint density at radius 3 is 2.48 bits per heavy atom. The second-order valence-electron chi connectivity index (χ2n) is 15.7. The number of ketones is 1. The Labute approximate surface area is 262 Å². The van der Waals surface area contributed by atoms with Crippen molar-refractivity contribution in [2.75, 3.05) is 0 Å². The second-order valence-corrected chi connectivity index (χ2v) is 15.7. The number of hydrogen-bond donors (Lipinski definition) is 3. The summed E-state index contributed by atoms with van der Waals surface area (Å²) >= 11 is 0. The molecule has 0 radical (unpaired) electrons. The van der Waals surface area contributed by atoms with Gasteiger partial charge >= 0.3 is 5.97 Å². The van der Waals surface area contributed by atoms with E-state index in [-0.39, 0.29) is 40.6 Å². The highest BCUT2D eigenvalue weighted by molar-refractivity contribution is 5.89. The van der Waals surface area contributed by atoms with Crippen LogP contribution in [0.15, 0.2) is 30.5 Å². The molecule has 4 aliphatic rings. The van der Waals surface area contributed by atoms with E-state index >= 15 is 0 Å². The van der Waals surface area contributed by atoms with Gasteiger partial charge in [-0.3, -0.25) is 9.59 Å². The Morgan fingerprint density at radius 2 is 1.73 bits per heavy atom. The number of nitrogens with two attached hydrogens (primary N) is 1. The van der Waals surface area contributed by atoms with Crippen molar-refractivity contribution < 1.29 is 19.1 Å². The van der Waals surface area contributed by atoms with Gasteiger partial charge in [-0.15, -0.1) is 0 Å². The van der Waals surface area contributed by atoms with Crippen LogP contribution in [-0.2, 0) is 25.5 Å². The Morgan fingerprint density at radius 1 is 1.00 bits per heavy atom. The Kier molecular flexibility index (Phi) is 8.49. The average molecular weight is 604 g/mol. The van der Waals surface area contributed by atoms with Crippen molar-refractivity contribution in [3.63, 3.8) is 0 Å². The second kappa shape index (κ2) is 11.9. The molecule has 1 amide bonds. The topological polar surface area (TPSA) is 114 Å². The van der Waals surface area contributed by atoms with Crippen molar-refractivity contribution in [3.05, 3.63) is 36.0 Å². The largest absolute Gasteiger partial charge is 0.461 e. The van der Waals surface area contributed by atoms with Crippen molar-refractivity contribution >= 4 is 28.6 Å². The number of Topliss-reactive ketones (excluding diaryl/α,β-unsaturated/α-hetero) is 1. The smallest absolute Gasteiger partial charge is 0.329 e. The highest BCUT2D eigenvalue weighted by Crippen LogP contribution is 2.67. The number of benzene rings is 1. The number of amides is 1. The minimum absolute atomic E-state index is 0.0406. The molecule has 1 aromatic carbocycles. The molecule has 6 rings (SSSR count). The Bertz CT molecular complexity index is 1400. The van der Waals surface area contributed by atoms with Crippen molar-refractivity contribution in [2.45, 2.75) is 117 Å². The molecule has 2 aromatic rings. The van der Waals surface area contributed by atoms with Gasteiger partial charge in [0.1, 0.15) is 17.9 Å². The predicted octanol–water partition coefficient (Wildman–Crippen LogP) is 6.34. The van der Waals surface area contributed by atoms with Gasteiger partial charge in [-0.25, -0.2) is 4.79 Å². The maximum atomic E-state index is 13.8. The molecule has 10 atom stereocenters. The molecule has 7 heteroatoms. The fourth-order valence-electron chi connectivity index (χ4n) is 10.5. The molecule has 0 saturated heterocycles. The van der Waals surface area contributed by atoms with Gasteiger partial charge in [0.15, 0.2) is 0 Å². The van der Waals surface area contributed by atoms with Crippen LogP contribution in [0.4, 0.5) is 0 Å². The summed E-state index contributed by atoms with van der Waals surface area (Å²) in [5.74, 6) is 2.49. The Hall–Kier alpha value is -2.67. The quantitative estimate of drug-likeness (QED) is 0.305. The molecular weight excluding hydrogens is 550 g/mol. The van der Waals surface area contributed by atoms with Crippen molar-refractivity contribution in [1.29, 1.82) is 0 Å². The molecule has 4 N–H and O–H groups in total. The highest BCUT2D eigenvalue weighted by Gasteiger charge is 2.61. The highest BCUT2D eigenvalue weighted by atomic mass is 16.5. The first kappa shape index (κ1) is 31.3. The van der Waals surface area contributed by atoms with Crippen molar-refractivity contribution in [1.82, 2.24) is 10.3 Å². The number of H-pyrrole nitrogens is 1. The van der Waals surface area contributed by atoms with Crippen LogP contribution in [0.1, 0.15) is 98.0 Å². The number of fused-ring (bicyclic) bond motifs is 6. The summed E-state index contributed by atoms with van der Waals surface area (Å²) in [7, 11) is 0. The number of hydrogen-bond acceptors (Lipinski definition) is 5. The number of nitrogens with one attached hydrogen (secondary N) is 2. The maximum absolute atomic E-state index is 13.8. The van der Waals surface area contributed by atoms with Gasteiger partial charge in [-0.1, -0.05) is 45.9 Å². The van der Waals surface area contributed by atoms with E-state index in [0.717, 1.165) is 48.6 Å². The van der Waals surface area contributed by atoms with Gasteiger partial charge in [0, 0.05) is 29.4 Å². The molecule has 7 nitrogen and oxygen atoms in total. The standard InChI is InChI=1S/C37H53N3O4/c1-21(2)33(38)34(42)40-32(18-23-20-39-31-9-7-6-8-26(23)31)35(43)44-25-14-16-36(4)24(19-25)10-11-27-29-13-12-28(22(3)41)37(29,5)17-15-30(27)36/h6-9,20-21,24-25,27-30,32-33,39H,10-19,38H2,1-5H3,(H,40,42)/t24-,25+,27-,28+,29-,30-,32-,33-,36-,37+/m0/s1.